The highest BCUT2D eigenvalue weighted by molar-refractivity contribution is 7.85. The Balaban J connectivity index is 3.85. The molecule has 0 radical (unpaired) electrons. The molecular weight excluding hydrogens is 189 g/mol. The van der Waals surface area contributed by atoms with E-state index < -0.39 is 34.5 Å². The molecule has 0 heterocycles. The third-order valence-corrected chi connectivity index (χ3v) is 2.27. The Morgan fingerprint density at radius 3 is 2.25 bits per heavy atom. The van der Waals surface area contributed by atoms with E-state index in [1.165, 1.54) is 0 Å². The van der Waals surface area contributed by atoms with Gasteiger partial charge in [-0.25, -0.2) is 0 Å². The number of carbonyl (C=O) groups is 2. The van der Waals surface area contributed by atoms with Crippen LogP contribution in [0.3, 0.4) is 0 Å². The van der Waals surface area contributed by atoms with Crippen LogP contribution in [0.5, 0.6) is 0 Å². The fraction of sp³-hybridized carbons (Fsp3) is 0.600. The zero-order valence-electron chi connectivity index (χ0n) is 6.10. The molecule has 70 valence electrons. The molecule has 0 aliphatic carbocycles. The Kier molecular flexibility index (Phi) is 4.45. The van der Waals surface area contributed by atoms with Gasteiger partial charge >= 0.3 is 11.9 Å². The number of hydrogen-bond donors (Lipinski definition) is 3. The minimum absolute atomic E-state index is 0.332. The molecule has 4 N–H and O–H groups in total. The Labute approximate surface area is 70.8 Å². The predicted molar refractivity (Wildman–Crippen MR) is 41.1 cm³/mol. The summed E-state index contributed by atoms with van der Waals surface area (Å²) in [4.78, 5) is 20.1. The minimum atomic E-state index is -1.71. The van der Waals surface area contributed by atoms with E-state index in [4.69, 9.17) is 15.9 Å². The first kappa shape index (κ1) is 11.1. The fourth-order valence-electron chi connectivity index (χ4n) is 0.468. The number of aliphatic carboxylic acids is 2. The molecule has 1 unspecified atom stereocenters. The van der Waals surface area contributed by atoms with Gasteiger partial charge in [-0.1, -0.05) is 0 Å². The van der Waals surface area contributed by atoms with Crippen molar-refractivity contribution in [3.63, 3.8) is 0 Å². The van der Waals surface area contributed by atoms with E-state index in [2.05, 4.69) is 0 Å². The maximum atomic E-state index is 10.8. The van der Waals surface area contributed by atoms with Gasteiger partial charge in [0, 0.05) is 10.8 Å². The van der Waals surface area contributed by atoms with E-state index in [0.717, 1.165) is 0 Å². The average Bonchev–Trinajstić information content (AvgIpc) is 1.84. The smallest absolute Gasteiger partial charge is 0.321 e. The van der Waals surface area contributed by atoms with E-state index in [-0.39, 0.29) is 5.75 Å². The Bertz CT molecular complexity index is 216. The summed E-state index contributed by atoms with van der Waals surface area (Å²) in [5.41, 5.74) is 5.01. The van der Waals surface area contributed by atoms with Gasteiger partial charge in [-0.15, -0.1) is 0 Å². The summed E-state index contributed by atoms with van der Waals surface area (Å²) in [7, 11) is -1.71. The zero-order valence-corrected chi connectivity index (χ0v) is 6.91. The highest BCUT2D eigenvalue weighted by atomic mass is 35.1. The molecule has 12 heavy (non-hydrogen) atoms. The van der Waals surface area contributed by atoms with Crippen LogP contribution in [0.1, 0.15) is 0 Å². The molecule has 0 saturated carbocycles. The molecule has 0 saturated heterocycles. The molecule has 0 bridgehead atoms. The highest BCUT2D eigenvalue weighted by Gasteiger charge is 2.16. The van der Waals surface area contributed by atoms with Crippen molar-refractivity contribution in [2.24, 2.45) is 5.73 Å². The number of nitrogens with two attached hydrogens (primary N) is 1. The van der Waals surface area contributed by atoms with Gasteiger partial charge in [0.2, 0.25) is 0 Å². The summed E-state index contributed by atoms with van der Waals surface area (Å²) in [5, 5.41) is 16.4. The molecule has 0 rings (SSSR count). The van der Waals surface area contributed by atoms with Crippen molar-refractivity contribution < 1.29 is 24.0 Å². The zero-order chi connectivity index (χ0) is 9.72. The van der Waals surface area contributed by atoms with Gasteiger partial charge in [-0.05, 0) is 0 Å². The lowest BCUT2D eigenvalue weighted by atomic mass is 10.4. The van der Waals surface area contributed by atoms with Gasteiger partial charge in [-0.2, -0.15) is 0 Å². The molecular formula is C5H9NO5S. The first-order chi connectivity index (χ1) is 5.43. The topological polar surface area (TPSA) is 118 Å². The van der Waals surface area contributed by atoms with E-state index in [9.17, 15) is 13.8 Å². The maximum absolute atomic E-state index is 10.8. The van der Waals surface area contributed by atoms with Crippen molar-refractivity contribution >= 4 is 22.7 Å². The number of rotatable bonds is 5. The first-order valence-electron chi connectivity index (χ1n) is 2.98. The Morgan fingerprint density at radius 2 is 1.92 bits per heavy atom. The van der Waals surface area contributed by atoms with Crippen LogP contribution in [-0.2, 0) is 20.4 Å². The second kappa shape index (κ2) is 4.83. The van der Waals surface area contributed by atoms with Crippen molar-refractivity contribution in [1.82, 2.24) is 0 Å². The average molecular weight is 198 g/mol. The van der Waals surface area contributed by atoms with Crippen LogP contribution >= 0.6 is 0 Å². The molecule has 0 aliphatic rings. The Morgan fingerprint density at radius 1 is 1.42 bits per heavy atom. The lowest BCUT2D eigenvalue weighted by Gasteiger charge is -2.03. The van der Waals surface area contributed by atoms with Crippen molar-refractivity contribution in [1.29, 1.82) is 0 Å². The van der Waals surface area contributed by atoms with Gasteiger partial charge in [0.05, 0.1) is 5.75 Å². The van der Waals surface area contributed by atoms with Crippen LogP contribution in [-0.4, -0.2) is 43.9 Å². The first-order valence-corrected chi connectivity index (χ1v) is 4.47. The van der Waals surface area contributed by atoms with Crippen LogP contribution < -0.4 is 5.73 Å². The molecule has 0 spiro atoms. The molecule has 0 fully saturated rings. The van der Waals surface area contributed by atoms with Gasteiger partial charge in [0.1, 0.15) is 11.8 Å². The molecule has 0 aliphatic heterocycles. The maximum Gasteiger partial charge on any atom is 0.321 e. The summed E-state index contributed by atoms with van der Waals surface area (Å²) in [5.74, 6) is -3.41. The van der Waals surface area contributed by atoms with Crippen LogP contribution in [0.2, 0.25) is 0 Å². The number of hydrogen-bond acceptors (Lipinski definition) is 4. The molecule has 0 aromatic carbocycles. The Hall–Kier alpha value is -0.950. The van der Waals surface area contributed by atoms with Crippen molar-refractivity contribution in [3.05, 3.63) is 0 Å². The van der Waals surface area contributed by atoms with Gasteiger partial charge < -0.3 is 15.9 Å². The van der Waals surface area contributed by atoms with Crippen molar-refractivity contribution in [2.75, 3.05) is 11.5 Å². The van der Waals surface area contributed by atoms with E-state index in [0.29, 0.717) is 0 Å². The summed E-state index contributed by atoms with van der Waals surface area (Å²) in [6.07, 6.45) is 0. The lowest BCUT2D eigenvalue weighted by Crippen LogP contribution is -2.36. The van der Waals surface area contributed by atoms with Crippen molar-refractivity contribution in [3.8, 4) is 0 Å². The molecule has 0 aromatic heterocycles. The summed E-state index contributed by atoms with van der Waals surface area (Å²) in [6, 6.07) is -1.26. The summed E-state index contributed by atoms with van der Waals surface area (Å²) >= 11 is 0. The molecule has 7 heteroatoms. The summed E-state index contributed by atoms with van der Waals surface area (Å²) in [6.45, 7) is 0. The van der Waals surface area contributed by atoms with Crippen molar-refractivity contribution in [2.45, 2.75) is 6.04 Å². The standard InChI is InChI=1S/C5H9NO5S/c6-3(5(9)10)1-12(11)2-4(7)8/h3H,1-2,6H2,(H,7,8)(H,9,10)/t3-,12?/m0/s1/i12+3. The van der Waals surface area contributed by atoms with Crippen LogP contribution in [0, 0.1) is 0 Å². The van der Waals surface area contributed by atoms with Gasteiger partial charge in [0.15, 0.2) is 0 Å². The molecule has 0 aromatic rings. The SMILES string of the molecule is N[C@@H](C[35S](=O)CC(=O)O)C(=O)O. The number of carboxylic acid groups (broad SMARTS) is 2. The third kappa shape index (κ3) is 4.80. The highest BCUT2D eigenvalue weighted by Crippen LogP contribution is 1.87. The minimum Gasteiger partial charge on any atom is -0.481 e. The summed E-state index contributed by atoms with van der Waals surface area (Å²) < 4.78 is 10.8. The predicted octanol–water partition coefficient (Wildman–Crippen LogP) is -1.77. The van der Waals surface area contributed by atoms with Crippen LogP contribution in [0.25, 0.3) is 0 Å². The second-order valence-electron chi connectivity index (χ2n) is 2.09. The van der Waals surface area contributed by atoms with E-state index in [1.54, 1.807) is 0 Å². The van der Waals surface area contributed by atoms with E-state index >= 15 is 0 Å². The monoisotopic (exact) mass is 198 g/mol. The third-order valence-electron chi connectivity index (χ3n) is 0.967. The lowest BCUT2D eigenvalue weighted by molar-refractivity contribution is -0.138. The molecule has 6 nitrogen and oxygen atoms in total. The molecule has 0 amide bonds. The largest absolute Gasteiger partial charge is 0.481 e. The van der Waals surface area contributed by atoms with Gasteiger partial charge in [-0.3, -0.25) is 13.8 Å². The van der Waals surface area contributed by atoms with Gasteiger partial charge in [0.25, 0.3) is 0 Å². The molecule has 2 atom stereocenters. The van der Waals surface area contributed by atoms with Crippen LogP contribution in [0.15, 0.2) is 0 Å². The van der Waals surface area contributed by atoms with E-state index in [1.807, 2.05) is 0 Å². The quantitative estimate of drug-likeness (QED) is 0.481. The fourth-order valence-corrected chi connectivity index (χ4v) is 1.40. The normalized spacial score (nSPS) is 15.1. The van der Waals surface area contributed by atoms with Crippen LogP contribution in [0.4, 0.5) is 0 Å². The second-order valence-corrected chi connectivity index (χ2v) is 3.59. The number of carboxylic acids is 2.